The number of pyridine rings is 1. The Morgan fingerprint density at radius 3 is 2.46 bits per heavy atom. The van der Waals surface area contributed by atoms with Crippen molar-refractivity contribution in [2.24, 2.45) is 5.10 Å². The molecule has 198 valence electrons. The number of likely N-dealkylation sites (N-methyl/N-ethyl adjacent to an activating group) is 1. The number of aliphatic hydroxyl groups excluding tert-OH is 1. The third-order valence-electron chi connectivity index (χ3n) is 7.11. The fraction of sp³-hybridized carbons (Fsp3) is 0.462. The van der Waals surface area contributed by atoms with Crippen molar-refractivity contribution in [2.45, 2.75) is 12.1 Å². The van der Waals surface area contributed by atoms with E-state index in [2.05, 4.69) is 15.0 Å². The molecule has 4 heterocycles. The predicted octanol–water partition coefficient (Wildman–Crippen LogP) is 3.43. The molecule has 1 saturated heterocycles. The average Bonchev–Trinajstić information content (AvgIpc) is 3.40. The molecule has 1 aromatic carbocycles. The summed E-state index contributed by atoms with van der Waals surface area (Å²) < 4.78 is 16.2. The van der Waals surface area contributed by atoms with Crippen molar-refractivity contribution >= 4 is 46.8 Å². The number of aromatic nitrogens is 1. The van der Waals surface area contributed by atoms with Crippen LogP contribution in [0.15, 0.2) is 23.4 Å². The first-order valence-electron chi connectivity index (χ1n) is 12.2. The van der Waals surface area contributed by atoms with Gasteiger partial charge < -0.3 is 24.2 Å². The first kappa shape index (κ1) is 26.1. The van der Waals surface area contributed by atoms with Crippen LogP contribution in [0.25, 0.3) is 11.6 Å². The second kappa shape index (κ2) is 11.0. The summed E-state index contributed by atoms with van der Waals surface area (Å²) in [5.74, 6) is 0.899. The molecule has 0 amide bonds. The molecule has 2 atom stereocenters. The number of nitrogens with zero attached hydrogens (tertiary/aromatic N) is 5. The summed E-state index contributed by atoms with van der Waals surface area (Å²) in [6.45, 7) is 6.14. The van der Waals surface area contributed by atoms with E-state index in [1.165, 1.54) is 14.2 Å². The number of morpholine rings is 1. The molecule has 1 fully saturated rings. The summed E-state index contributed by atoms with van der Waals surface area (Å²) >= 11 is 13.3. The molecule has 0 saturated carbocycles. The molecule has 1 aromatic heterocycles. The number of rotatable bonds is 7. The Balaban J connectivity index is 1.38. The van der Waals surface area contributed by atoms with Crippen LogP contribution < -0.4 is 14.4 Å². The van der Waals surface area contributed by atoms with E-state index in [0.717, 1.165) is 62.9 Å². The van der Waals surface area contributed by atoms with Gasteiger partial charge in [-0.05, 0) is 12.1 Å². The summed E-state index contributed by atoms with van der Waals surface area (Å²) in [6.07, 6.45) is 4.64. The third-order valence-corrected chi connectivity index (χ3v) is 7.86. The van der Waals surface area contributed by atoms with Crippen LogP contribution in [0, 0.1) is 0 Å². The highest BCUT2D eigenvalue weighted by atomic mass is 35.5. The monoisotopic (exact) mass is 547 g/mol. The van der Waals surface area contributed by atoms with E-state index in [4.69, 9.17) is 42.4 Å². The molecule has 0 radical (unpaired) electrons. The lowest BCUT2D eigenvalue weighted by Crippen LogP contribution is -2.40. The Hall–Kier alpha value is -2.56. The maximum absolute atomic E-state index is 11.3. The van der Waals surface area contributed by atoms with Gasteiger partial charge >= 0.3 is 0 Å². The van der Waals surface area contributed by atoms with Gasteiger partial charge in [-0.25, -0.2) is 0 Å². The molecule has 1 N–H and O–H groups in total. The van der Waals surface area contributed by atoms with Gasteiger partial charge in [-0.3, -0.25) is 14.9 Å². The van der Waals surface area contributed by atoms with Gasteiger partial charge in [0.25, 0.3) is 0 Å². The third kappa shape index (κ3) is 5.11. The molecular formula is C26H31Cl2N5O4. The number of hydrogen-bond acceptors (Lipinski definition) is 9. The van der Waals surface area contributed by atoms with Crippen molar-refractivity contribution in [1.82, 2.24) is 14.9 Å². The van der Waals surface area contributed by atoms with Crippen molar-refractivity contribution in [2.75, 3.05) is 72.1 Å². The molecule has 2 unspecified atom stereocenters. The van der Waals surface area contributed by atoms with E-state index >= 15 is 0 Å². The lowest BCUT2D eigenvalue weighted by Gasteiger charge is -2.34. The minimum absolute atomic E-state index is 0.0810. The summed E-state index contributed by atoms with van der Waals surface area (Å²) in [5.41, 5.74) is 3.62. The van der Waals surface area contributed by atoms with Gasteiger partial charge in [-0.15, -0.1) is 0 Å². The van der Waals surface area contributed by atoms with Crippen molar-refractivity contribution in [1.29, 1.82) is 0 Å². The van der Waals surface area contributed by atoms with Crippen LogP contribution in [-0.4, -0.2) is 99.6 Å². The smallest absolute Gasteiger partial charge is 0.153 e. The molecule has 0 aliphatic carbocycles. The van der Waals surface area contributed by atoms with Crippen LogP contribution >= 0.6 is 23.2 Å². The minimum Gasteiger partial charge on any atom is -0.495 e. The Bertz CT molecular complexity index is 1190. The second-order valence-electron chi connectivity index (χ2n) is 9.27. The number of methoxy groups -OCH3 is 2. The Morgan fingerprint density at radius 2 is 1.78 bits per heavy atom. The van der Waals surface area contributed by atoms with E-state index in [1.807, 2.05) is 31.6 Å². The quantitative estimate of drug-likeness (QED) is 0.564. The highest BCUT2D eigenvalue weighted by Crippen LogP contribution is 2.47. The standard InChI is InChI=1S/C26H31Cl2N5O4/c1-31-20-11-19(17-14-30-33(15-17)5-4-32-6-8-37-9-7-32)29-13-16(20)10-18(26(31)34)23-24(27)21(35-2)12-22(36-3)25(23)28/h10-14,17,26,34H,4-9,15H2,1-3H3. The Kier molecular flexibility index (Phi) is 7.78. The van der Waals surface area contributed by atoms with Gasteiger partial charge in [0.2, 0.25) is 0 Å². The molecule has 9 nitrogen and oxygen atoms in total. The molecule has 2 aromatic rings. The lowest BCUT2D eigenvalue weighted by molar-refractivity contribution is 0.0339. The fourth-order valence-electron chi connectivity index (χ4n) is 4.91. The molecule has 11 heteroatoms. The largest absolute Gasteiger partial charge is 0.495 e. The van der Waals surface area contributed by atoms with Crippen LogP contribution in [0.5, 0.6) is 11.5 Å². The molecule has 0 bridgehead atoms. The van der Waals surface area contributed by atoms with Gasteiger partial charge in [0.05, 0.1) is 49.1 Å². The predicted molar refractivity (Wildman–Crippen MR) is 146 cm³/mol. The second-order valence-corrected chi connectivity index (χ2v) is 10.0. The molecule has 3 aliphatic heterocycles. The van der Waals surface area contributed by atoms with Crippen molar-refractivity contribution in [3.8, 4) is 11.5 Å². The van der Waals surface area contributed by atoms with Crippen LogP contribution in [0.3, 0.4) is 0 Å². The van der Waals surface area contributed by atoms with Gasteiger partial charge in [-0.2, -0.15) is 5.10 Å². The zero-order valence-electron chi connectivity index (χ0n) is 21.2. The Labute approximate surface area is 226 Å². The van der Waals surface area contributed by atoms with E-state index in [9.17, 15) is 5.11 Å². The molecule has 3 aliphatic rings. The minimum atomic E-state index is -0.989. The normalized spacial score (nSPS) is 21.7. The summed E-state index contributed by atoms with van der Waals surface area (Å²) in [7, 11) is 4.87. The van der Waals surface area contributed by atoms with E-state index < -0.39 is 6.23 Å². The highest BCUT2D eigenvalue weighted by molar-refractivity contribution is 6.40. The number of hydrazone groups is 1. The summed E-state index contributed by atoms with van der Waals surface area (Å²) in [5, 5.41) is 18.6. The number of benzene rings is 1. The number of ether oxygens (including phenoxy) is 3. The number of hydrogen-bond donors (Lipinski definition) is 1. The molecular weight excluding hydrogens is 517 g/mol. The van der Waals surface area contributed by atoms with E-state index in [-0.39, 0.29) is 5.92 Å². The summed E-state index contributed by atoms with van der Waals surface area (Å²) in [4.78, 5) is 8.94. The highest BCUT2D eigenvalue weighted by Gasteiger charge is 2.32. The maximum Gasteiger partial charge on any atom is 0.153 e. The zero-order valence-corrected chi connectivity index (χ0v) is 22.7. The van der Waals surface area contributed by atoms with Gasteiger partial charge in [0.1, 0.15) is 11.5 Å². The molecule has 0 spiro atoms. The van der Waals surface area contributed by atoms with Gasteiger partial charge in [0.15, 0.2) is 6.23 Å². The Morgan fingerprint density at radius 1 is 1.08 bits per heavy atom. The van der Waals surface area contributed by atoms with Gasteiger partial charge in [-0.1, -0.05) is 23.2 Å². The first-order valence-corrected chi connectivity index (χ1v) is 13.0. The molecule has 5 rings (SSSR count). The number of halogens is 2. The van der Waals surface area contributed by atoms with Crippen molar-refractivity contribution in [3.63, 3.8) is 0 Å². The lowest BCUT2D eigenvalue weighted by atomic mass is 9.94. The topological polar surface area (TPSA) is 82.9 Å². The van der Waals surface area contributed by atoms with Crippen LogP contribution in [-0.2, 0) is 4.74 Å². The van der Waals surface area contributed by atoms with Crippen LogP contribution in [0.2, 0.25) is 10.0 Å². The fourth-order valence-corrected chi connectivity index (χ4v) is 5.63. The van der Waals surface area contributed by atoms with Crippen molar-refractivity contribution in [3.05, 3.63) is 45.2 Å². The molecule has 37 heavy (non-hydrogen) atoms. The van der Waals surface area contributed by atoms with Crippen LogP contribution in [0.4, 0.5) is 5.69 Å². The van der Waals surface area contributed by atoms with E-state index in [0.29, 0.717) is 32.7 Å². The van der Waals surface area contributed by atoms with Gasteiger partial charge in [0, 0.05) is 80.6 Å². The first-order chi connectivity index (χ1) is 17.9. The SMILES string of the molecule is COc1cc(OC)c(Cl)c(C2=Cc3cnc(C4C=NN(CCN5CCOCC5)C4)cc3N(C)C2O)c1Cl. The zero-order chi connectivity index (χ0) is 26.1. The summed E-state index contributed by atoms with van der Waals surface area (Å²) in [6, 6.07) is 3.65. The van der Waals surface area contributed by atoms with E-state index in [1.54, 1.807) is 11.0 Å². The van der Waals surface area contributed by atoms with Crippen LogP contribution in [0.1, 0.15) is 22.7 Å². The number of anilines is 1. The number of aliphatic hydroxyl groups is 1. The number of fused-ring (bicyclic) bond motifs is 1. The van der Waals surface area contributed by atoms with Crippen molar-refractivity contribution < 1.29 is 19.3 Å². The maximum atomic E-state index is 11.3. The average molecular weight is 548 g/mol.